The minimum Gasteiger partial charge on any atom is -0.508 e. The number of rotatable bonds is 8. The van der Waals surface area contributed by atoms with Gasteiger partial charge < -0.3 is 14.9 Å². The lowest BCUT2D eigenvalue weighted by Gasteiger charge is -2.36. The average molecular weight is 659 g/mol. The van der Waals surface area contributed by atoms with E-state index in [4.69, 9.17) is 0 Å². The second kappa shape index (κ2) is 13.7. The molecule has 2 saturated heterocycles. The summed E-state index contributed by atoms with van der Waals surface area (Å²) in [6.45, 7) is 6.12. The number of benzene rings is 4. The normalized spacial score (nSPS) is 18.7. The standard InChI is InChI=1S/C40H39FN4O4/c1-2-33(27-6-4-3-5-7-27)37(29-10-14-32(46)15-11-29)28-8-12-31(13-9-28)44-20-18-43(19-21-44)24-26-22-30-25-45(40(49)38(30)34(41)23-26)35-16-17-36(47)42-39(35)48/h3-15,22-23,35,46H,2,16-21,24-25H2,1H3,(H,42,47,48). The molecule has 3 aliphatic rings. The predicted molar refractivity (Wildman–Crippen MR) is 187 cm³/mol. The van der Waals surface area contributed by atoms with Crippen LogP contribution in [0.5, 0.6) is 5.75 Å². The molecule has 3 aliphatic heterocycles. The van der Waals surface area contributed by atoms with Crippen LogP contribution in [0.4, 0.5) is 10.1 Å². The largest absolute Gasteiger partial charge is 0.508 e. The number of nitrogens with zero attached hydrogens (tertiary/aromatic N) is 3. The van der Waals surface area contributed by atoms with Crippen molar-refractivity contribution in [3.8, 4) is 5.75 Å². The number of imide groups is 1. The molecule has 0 aromatic heterocycles. The van der Waals surface area contributed by atoms with Crippen LogP contribution in [0.1, 0.15) is 64.4 Å². The van der Waals surface area contributed by atoms with Crippen LogP contribution < -0.4 is 10.2 Å². The first-order valence-electron chi connectivity index (χ1n) is 16.9. The molecule has 2 fully saturated rings. The van der Waals surface area contributed by atoms with Crippen LogP contribution in [0.15, 0.2) is 91.0 Å². The molecule has 0 aliphatic carbocycles. The molecule has 4 aromatic carbocycles. The van der Waals surface area contributed by atoms with E-state index in [1.807, 2.05) is 24.3 Å². The first kappa shape index (κ1) is 32.3. The summed E-state index contributed by atoms with van der Waals surface area (Å²) in [4.78, 5) is 43.1. The lowest BCUT2D eigenvalue weighted by atomic mass is 9.88. The lowest BCUT2D eigenvalue weighted by molar-refractivity contribution is -0.136. The number of carbonyl (C=O) groups is 3. The van der Waals surface area contributed by atoms with Crippen LogP contribution in [-0.4, -0.2) is 64.8 Å². The van der Waals surface area contributed by atoms with Crippen LogP contribution in [0.25, 0.3) is 11.1 Å². The number of aromatic hydroxyl groups is 1. The van der Waals surface area contributed by atoms with Gasteiger partial charge >= 0.3 is 0 Å². The van der Waals surface area contributed by atoms with Crippen LogP contribution in [0.2, 0.25) is 0 Å². The van der Waals surface area contributed by atoms with Crippen molar-refractivity contribution in [2.75, 3.05) is 31.1 Å². The molecule has 2 N–H and O–H groups in total. The number of piperazine rings is 1. The SMILES string of the molecule is CCC(=C(c1ccc(O)cc1)c1ccc(N2CCN(Cc3cc(F)c4c(c3)CN(C3CCC(=O)NC3=O)C4=O)CC2)cc1)c1ccccc1. The van der Waals surface area contributed by atoms with Gasteiger partial charge in [-0.1, -0.05) is 67.6 Å². The van der Waals surface area contributed by atoms with E-state index in [0.717, 1.165) is 60.6 Å². The third-order valence-corrected chi connectivity index (χ3v) is 9.87. The second-order valence-corrected chi connectivity index (χ2v) is 12.9. The topological polar surface area (TPSA) is 93.2 Å². The summed E-state index contributed by atoms with van der Waals surface area (Å²) in [5, 5.41) is 12.2. The van der Waals surface area contributed by atoms with Gasteiger partial charge in [-0.05, 0) is 82.1 Å². The van der Waals surface area contributed by atoms with Crippen molar-refractivity contribution in [2.24, 2.45) is 0 Å². The molecule has 3 heterocycles. The third kappa shape index (κ3) is 6.58. The highest BCUT2D eigenvalue weighted by atomic mass is 19.1. The Balaban J connectivity index is 1.03. The molecule has 4 aromatic rings. The Bertz CT molecular complexity index is 1920. The fraction of sp³-hybridized carbons (Fsp3) is 0.275. The summed E-state index contributed by atoms with van der Waals surface area (Å²) >= 11 is 0. The van der Waals surface area contributed by atoms with Gasteiger partial charge in [0.15, 0.2) is 0 Å². The van der Waals surface area contributed by atoms with Crippen molar-refractivity contribution in [1.82, 2.24) is 15.1 Å². The number of halogens is 1. The Morgan fingerprint density at radius 3 is 2.18 bits per heavy atom. The number of piperidine rings is 1. The van der Waals surface area contributed by atoms with Gasteiger partial charge in [0.05, 0.1) is 5.56 Å². The predicted octanol–water partition coefficient (Wildman–Crippen LogP) is 5.98. The molecular weight excluding hydrogens is 619 g/mol. The zero-order valence-electron chi connectivity index (χ0n) is 27.5. The van der Waals surface area contributed by atoms with E-state index in [1.165, 1.54) is 22.1 Å². The van der Waals surface area contributed by atoms with Crippen LogP contribution >= 0.6 is 0 Å². The minimum absolute atomic E-state index is 0.0277. The van der Waals surface area contributed by atoms with E-state index in [2.05, 4.69) is 70.6 Å². The van der Waals surface area contributed by atoms with Gasteiger partial charge in [0.2, 0.25) is 11.8 Å². The first-order valence-corrected chi connectivity index (χ1v) is 16.9. The highest BCUT2D eigenvalue weighted by molar-refractivity contribution is 6.05. The molecule has 1 unspecified atom stereocenters. The average Bonchev–Trinajstić information content (AvgIpc) is 3.44. The molecule has 1 atom stereocenters. The number of phenols is 1. The molecule has 49 heavy (non-hydrogen) atoms. The van der Waals surface area contributed by atoms with Crippen molar-refractivity contribution >= 4 is 34.6 Å². The van der Waals surface area contributed by atoms with Gasteiger partial charge in [-0.2, -0.15) is 0 Å². The molecule has 250 valence electrons. The Hall–Kier alpha value is -5.28. The van der Waals surface area contributed by atoms with Crippen LogP contribution in [0, 0.1) is 5.82 Å². The second-order valence-electron chi connectivity index (χ2n) is 12.9. The number of hydrogen-bond donors (Lipinski definition) is 2. The Morgan fingerprint density at radius 1 is 0.857 bits per heavy atom. The smallest absolute Gasteiger partial charge is 0.258 e. The van der Waals surface area contributed by atoms with Gasteiger partial charge in [-0.15, -0.1) is 0 Å². The number of fused-ring (bicyclic) bond motifs is 1. The summed E-state index contributed by atoms with van der Waals surface area (Å²) in [5.74, 6) is -1.67. The lowest BCUT2D eigenvalue weighted by Crippen LogP contribution is -2.52. The van der Waals surface area contributed by atoms with Gasteiger partial charge in [-0.25, -0.2) is 4.39 Å². The van der Waals surface area contributed by atoms with E-state index < -0.39 is 23.7 Å². The molecule has 7 rings (SSSR count). The Kier molecular flexibility index (Phi) is 9.01. The van der Waals surface area contributed by atoms with E-state index in [-0.39, 0.29) is 36.6 Å². The molecule has 0 bridgehead atoms. The summed E-state index contributed by atoms with van der Waals surface area (Å²) in [7, 11) is 0. The van der Waals surface area contributed by atoms with Gasteiger partial charge in [-0.3, -0.25) is 24.6 Å². The number of anilines is 1. The van der Waals surface area contributed by atoms with E-state index >= 15 is 4.39 Å². The maximum Gasteiger partial charge on any atom is 0.258 e. The van der Waals surface area contributed by atoms with Crippen LogP contribution in [-0.2, 0) is 22.7 Å². The summed E-state index contributed by atoms with van der Waals surface area (Å²) in [5.41, 5.74) is 8.28. The molecule has 8 nitrogen and oxygen atoms in total. The number of hydrogen-bond acceptors (Lipinski definition) is 6. The molecule has 0 spiro atoms. The Morgan fingerprint density at radius 2 is 1.53 bits per heavy atom. The molecule has 0 radical (unpaired) electrons. The van der Waals surface area contributed by atoms with E-state index in [1.54, 1.807) is 12.1 Å². The molecule has 9 heteroatoms. The fourth-order valence-electron chi connectivity index (χ4n) is 7.38. The zero-order chi connectivity index (χ0) is 34.1. The van der Waals surface area contributed by atoms with Gasteiger partial charge in [0.1, 0.15) is 17.6 Å². The number of nitrogens with one attached hydrogen (secondary N) is 1. The van der Waals surface area contributed by atoms with E-state index in [9.17, 15) is 19.5 Å². The van der Waals surface area contributed by atoms with Crippen molar-refractivity contribution in [1.29, 1.82) is 0 Å². The highest BCUT2D eigenvalue weighted by Crippen LogP contribution is 2.36. The minimum atomic E-state index is -0.768. The maximum atomic E-state index is 15.3. The number of phenolic OH excluding ortho intramolecular Hbond substituents is 1. The zero-order valence-corrected chi connectivity index (χ0v) is 27.5. The fourth-order valence-corrected chi connectivity index (χ4v) is 7.38. The highest BCUT2D eigenvalue weighted by Gasteiger charge is 2.40. The third-order valence-electron chi connectivity index (χ3n) is 9.87. The monoisotopic (exact) mass is 658 g/mol. The van der Waals surface area contributed by atoms with Gasteiger partial charge in [0.25, 0.3) is 5.91 Å². The van der Waals surface area contributed by atoms with Crippen molar-refractivity contribution in [3.63, 3.8) is 0 Å². The molecule has 0 saturated carbocycles. The quantitative estimate of drug-likeness (QED) is 0.179. The van der Waals surface area contributed by atoms with E-state index in [0.29, 0.717) is 12.1 Å². The summed E-state index contributed by atoms with van der Waals surface area (Å²) in [6, 6.07) is 29.1. The number of allylic oxidation sites excluding steroid dienone is 1. The number of amides is 3. The first-order chi connectivity index (χ1) is 23.8. The van der Waals surface area contributed by atoms with Crippen molar-refractivity contribution < 1.29 is 23.9 Å². The molecule has 3 amide bonds. The van der Waals surface area contributed by atoms with Crippen LogP contribution in [0.3, 0.4) is 0 Å². The summed E-state index contributed by atoms with van der Waals surface area (Å²) in [6.07, 6.45) is 1.26. The maximum absolute atomic E-state index is 15.3. The van der Waals surface area contributed by atoms with Crippen molar-refractivity contribution in [2.45, 2.75) is 45.3 Å². The summed E-state index contributed by atoms with van der Waals surface area (Å²) < 4.78 is 15.3. The Labute approximate surface area is 285 Å². The number of carbonyl (C=O) groups excluding carboxylic acids is 3. The van der Waals surface area contributed by atoms with Crippen molar-refractivity contribution in [3.05, 3.63) is 130 Å². The van der Waals surface area contributed by atoms with Gasteiger partial charge in [0, 0.05) is 51.4 Å². The molecular formula is C40H39FN4O4.